The normalized spacial score (nSPS) is 14.8. The monoisotopic (exact) mass is 477 g/mol. The highest BCUT2D eigenvalue weighted by Gasteiger charge is 2.34. The van der Waals surface area contributed by atoms with E-state index in [9.17, 15) is 22.4 Å². The number of benzene rings is 1. The Bertz CT molecular complexity index is 1300. The summed E-state index contributed by atoms with van der Waals surface area (Å²) in [7, 11) is -3.91. The van der Waals surface area contributed by atoms with Gasteiger partial charge in [0.25, 0.3) is 0 Å². The molecule has 9 nitrogen and oxygen atoms in total. The Morgan fingerprint density at radius 1 is 1.25 bits per heavy atom. The fraction of sp³-hybridized carbons (Fsp3) is 0.350. The number of hydrogen-bond donors (Lipinski definition) is 2. The zero-order valence-corrected chi connectivity index (χ0v) is 18.9. The van der Waals surface area contributed by atoms with Gasteiger partial charge >= 0.3 is 0 Å². The standard InChI is InChI=1S/C20H20FN5O4S2/c1-10-22-7-11(8-23-10)13-5-16-15(6-14(13)21)26-20(31-16)18(32(2,29)30)19(28)24-9-17(27)25-12-3-4-12/h5-8,12,18H,3-4,9H2,1-2H3,(H,24,28)(H,25,27). The van der Waals surface area contributed by atoms with Crippen molar-refractivity contribution in [2.24, 2.45) is 0 Å². The predicted octanol–water partition coefficient (Wildman–Crippen LogP) is 1.68. The highest BCUT2D eigenvalue weighted by atomic mass is 32.2. The Hall–Kier alpha value is -2.99. The molecule has 4 rings (SSSR count). The summed E-state index contributed by atoms with van der Waals surface area (Å²) in [5, 5.41) is 3.47. The minimum Gasteiger partial charge on any atom is -0.352 e. The van der Waals surface area contributed by atoms with Crippen LogP contribution < -0.4 is 10.6 Å². The Labute approximate surface area is 187 Å². The molecule has 3 aromatic rings. The summed E-state index contributed by atoms with van der Waals surface area (Å²) >= 11 is 0.977. The van der Waals surface area contributed by atoms with Gasteiger partial charge in [-0.25, -0.2) is 27.8 Å². The summed E-state index contributed by atoms with van der Waals surface area (Å²) in [5.74, 6) is -1.27. The quantitative estimate of drug-likeness (QED) is 0.529. The molecule has 32 heavy (non-hydrogen) atoms. The van der Waals surface area contributed by atoms with Gasteiger partial charge in [-0.2, -0.15) is 0 Å². The maximum absolute atomic E-state index is 14.7. The van der Waals surface area contributed by atoms with Crippen LogP contribution in [0.3, 0.4) is 0 Å². The lowest BCUT2D eigenvalue weighted by atomic mass is 10.1. The minimum absolute atomic E-state index is 0.000641. The third-order valence-electron chi connectivity index (χ3n) is 4.84. The second kappa shape index (κ2) is 8.51. The Morgan fingerprint density at radius 2 is 1.94 bits per heavy atom. The highest BCUT2D eigenvalue weighted by molar-refractivity contribution is 7.91. The van der Waals surface area contributed by atoms with Crippen LogP contribution in [-0.4, -0.2) is 54.0 Å². The van der Waals surface area contributed by atoms with E-state index in [2.05, 4.69) is 25.6 Å². The van der Waals surface area contributed by atoms with Crippen molar-refractivity contribution in [1.82, 2.24) is 25.6 Å². The van der Waals surface area contributed by atoms with Crippen LogP contribution in [0.2, 0.25) is 0 Å². The molecule has 1 fully saturated rings. The van der Waals surface area contributed by atoms with Gasteiger partial charge in [0.05, 0.1) is 16.8 Å². The van der Waals surface area contributed by atoms with Crippen molar-refractivity contribution < 1.29 is 22.4 Å². The molecule has 0 saturated heterocycles. The van der Waals surface area contributed by atoms with Crippen molar-refractivity contribution in [3.63, 3.8) is 0 Å². The second-order valence-electron chi connectivity index (χ2n) is 7.64. The lowest BCUT2D eigenvalue weighted by molar-refractivity contribution is -0.126. The fourth-order valence-corrected chi connectivity index (χ4v) is 5.62. The summed E-state index contributed by atoms with van der Waals surface area (Å²) < 4.78 is 40.0. The molecule has 1 saturated carbocycles. The van der Waals surface area contributed by atoms with Crippen LogP contribution in [0.4, 0.5) is 4.39 Å². The largest absolute Gasteiger partial charge is 0.352 e. The molecule has 0 aliphatic heterocycles. The van der Waals surface area contributed by atoms with Crippen molar-refractivity contribution >= 4 is 43.2 Å². The zero-order valence-electron chi connectivity index (χ0n) is 17.3. The van der Waals surface area contributed by atoms with Gasteiger partial charge in [0.2, 0.25) is 11.8 Å². The molecule has 168 valence electrons. The maximum Gasteiger partial charge on any atom is 0.245 e. The number of carbonyl (C=O) groups excluding carboxylic acids is 2. The van der Waals surface area contributed by atoms with E-state index >= 15 is 0 Å². The Balaban J connectivity index is 1.63. The minimum atomic E-state index is -3.91. The number of halogens is 1. The van der Waals surface area contributed by atoms with Crippen LogP contribution in [0.5, 0.6) is 0 Å². The summed E-state index contributed by atoms with van der Waals surface area (Å²) in [5.41, 5.74) is 0.932. The molecule has 2 heterocycles. The van der Waals surface area contributed by atoms with E-state index < -0.39 is 26.8 Å². The van der Waals surface area contributed by atoms with Crippen LogP contribution in [-0.2, 0) is 19.4 Å². The first kappa shape index (κ1) is 22.2. The second-order valence-corrected chi connectivity index (χ2v) is 10.8. The molecule has 0 spiro atoms. The van der Waals surface area contributed by atoms with Gasteiger partial charge < -0.3 is 10.6 Å². The van der Waals surface area contributed by atoms with E-state index in [1.54, 1.807) is 6.92 Å². The van der Waals surface area contributed by atoms with E-state index in [0.717, 1.165) is 30.4 Å². The summed E-state index contributed by atoms with van der Waals surface area (Å²) in [6.07, 6.45) is 5.69. The molecule has 0 bridgehead atoms. The number of hydrogen-bond acceptors (Lipinski definition) is 8. The third kappa shape index (κ3) is 4.91. The predicted molar refractivity (Wildman–Crippen MR) is 117 cm³/mol. The van der Waals surface area contributed by atoms with Gasteiger partial charge in [-0.3, -0.25) is 9.59 Å². The number of aromatic nitrogens is 3. The molecule has 1 unspecified atom stereocenters. The molecule has 1 atom stereocenters. The van der Waals surface area contributed by atoms with Gasteiger partial charge in [0.1, 0.15) is 16.6 Å². The first-order valence-corrected chi connectivity index (χ1v) is 12.5. The number of carbonyl (C=O) groups is 2. The van der Waals surface area contributed by atoms with Crippen molar-refractivity contribution in [3.8, 4) is 11.1 Å². The number of fused-ring (bicyclic) bond motifs is 1. The van der Waals surface area contributed by atoms with Crippen molar-refractivity contribution in [1.29, 1.82) is 0 Å². The topological polar surface area (TPSA) is 131 Å². The number of nitrogens with one attached hydrogen (secondary N) is 2. The molecule has 2 aromatic heterocycles. The van der Waals surface area contributed by atoms with Crippen LogP contribution in [0, 0.1) is 12.7 Å². The molecular weight excluding hydrogens is 457 g/mol. The van der Waals surface area contributed by atoms with E-state index in [-0.39, 0.29) is 34.6 Å². The first-order valence-electron chi connectivity index (χ1n) is 9.77. The molecule has 1 aliphatic rings. The average Bonchev–Trinajstić information content (AvgIpc) is 3.43. The lowest BCUT2D eigenvalue weighted by Gasteiger charge is -2.12. The van der Waals surface area contributed by atoms with Crippen LogP contribution in [0.1, 0.15) is 28.9 Å². The zero-order chi connectivity index (χ0) is 23.0. The van der Waals surface area contributed by atoms with Gasteiger partial charge in [0, 0.05) is 41.9 Å². The summed E-state index contributed by atoms with van der Waals surface area (Å²) in [4.78, 5) is 36.8. The van der Waals surface area contributed by atoms with Gasteiger partial charge in [-0.15, -0.1) is 11.3 Å². The molecule has 1 aliphatic carbocycles. The smallest absolute Gasteiger partial charge is 0.245 e. The average molecular weight is 478 g/mol. The number of sulfone groups is 1. The number of rotatable bonds is 7. The highest BCUT2D eigenvalue weighted by Crippen LogP contribution is 2.34. The molecule has 12 heteroatoms. The van der Waals surface area contributed by atoms with E-state index in [4.69, 9.17) is 0 Å². The molecule has 0 radical (unpaired) electrons. The van der Waals surface area contributed by atoms with E-state index in [1.165, 1.54) is 24.5 Å². The fourth-order valence-electron chi connectivity index (χ4n) is 3.09. The van der Waals surface area contributed by atoms with E-state index in [0.29, 0.717) is 16.1 Å². The SMILES string of the molecule is Cc1ncc(-c2cc3sc(C(C(=O)NCC(=O)NC4CC4)S(C)(=O)=O)nc3cc2F)cn1. The molecule has 2 amide bonds. The van der Waals surface area contributed by atoms with Crippen LogP contribution in [0.15, 0.2) is 24.5 Å². The van der Waals surface area contributed by atoms with E-state index in [1.807, 2.05) is 0 Å². The number of thiazole rings is 1. The van der Waals surface area contributed by atoms with Gasteiger partial charge in [-0.1, -0.05) is 0 Å². The maximum atomic E-state index is 14.7. The van der Waals surface area contributed by atoms with Crippen molar-refractivity contribution in [2.45, 2.75) is 31.1 Å². The Morgan fingerprint density at radius 3 is 2.56 bits per heavy atom. The molecular formula is C20H20FN5O4S2. The number of amides is 2. The van der Waals surface area contributed by atoms with Crippen LogP contribution in [0.25, 0.3) is 21.3 Å². The van der Waals surface area contributed by atoms with Crippen LogP contribution >= 0.6 is 11.3 Å². The Kier molecular flexibility index (Phi) is 5.91. The summed E-state index contributed by atoms with van der Waals surface area (Å²) in [6, 6.07) is 2.84. The molecule has 1 aromatic carbocycles. The number of aryl methyl sites for hydroxylation is 1. The summed E-state index contributed by atoms with van der Waals surface area (Å²) in [6.45, 7) is 1.38. The lowest BCUT2D eigenvalue weighted by Crippen LogP contribution is -2.41. The van der Waals surface area contributed by atoms with Gasteiger partial charge in [-0.05, 0) is 25.8 Å². The van der Waals surface area contributed by atoms with Gasteiger partial charge in [0.15, 0.2) is 15.1 Å². The van der Waals surface area contributed by atoms with Crippen molar-refractivity contribution in [2.75, 3.05) is 12.8 Å². The molecule has 2 N–H and O–H groups in total. The first-order chi connectivity index (χ1) is 15.1. The van der Waals surface area contributed by atoms with Crippen molar-refractivity contribution in [3.05, 3.63) is 41.2 Å². The third-order valence-corrected chi connectivity index (χ3v) is 7.37. The number of nitrogens with zero attached hydrogens (tertiary/aromatic N) is 3.